The van der Waals surface area contributed by atoms with E-state index in [0.717, 1.165) is 21.7 Å². The standard InChI is InChI=1S/C31H37N3O5S/c1-23(35)26-17-12-18-27(20-26)34(40(5,38)39)22-29(36)33(21-25-15-10-7-11-16-25)28(30(37)32-31(2,3)4)19-24-13-8-6-9-14-24/h6-18,20,28H,19,21-22H2,1-5H3,(H,32,37). The fraction of sp³-hybridized carbons (Fsp3) is 0.323. The Morgan fingerprint density at radius 2 is 1.43 bits per heavy atom. The van der Waals surface area contributed by atoms with Crippen LogP contribution in [0.5, 0.6) is 0 Å². The summed E-state index contributed by atoms with van der Waals surface area (Å²) in [6, 6.07) is 23.9. The van der Waals surface area contributed by atoms with Gasteiger partial charge in [-0.2, -0.15) is 0 Å². The molecule has 8 nitrogen and oxygen atoms in total. The highest BCUT2D eigenvalue weighted by Gasteiger charge is 2.34. The highest BCUT2D eigenvalue weighted by Crippen LogP contribution is 2.22. The maximum atomic E-state index is 14.1. The van der Waals surface area contributed by atoms with Gasteiger partial charge < -0.3 is 10.2 Å². The molecule has 0 aliphatic carbocycles. The van der Waals surface area contributed by atoms with Crippen LogP contribution in [0.4, 0.5) is 5.69 Å². The van der Waals surface area contributed by atoms with Crippen molar-refractivity contribution in [3.05, 3.63) is 102 Å². The van der Waals surface area contributed by atoms with Gasteiger partial charge in [0.25, 0.3) is 0 Å². The summed E-state index contributed by atoms with van der Waals surface area (Å²) in [5, 5.41) is 2.99. The number of nitrogens with zero attached hydrogens (tertiary/aromatic N) is 2. The second kappa shape index (κ2) is 12.9. The zero-order valence-corrected chi connectivity index (χ0v) is 24.4. The second-order valence-electron chi connectivity index (χ2n) is 10.8. The van der Waals surface area contributed by atoms with Gasteiger partial charge >= 0.3 is 0 Å². The number of benzene rings is 3. The molecule has 0 aromatic heterocycles. The van der Waals surface area contributed by atoms with E-state index in [0.29, 0.717) is 5.56 Å². The van der Waals surface area contributed by atoms with E-state index in [9.17, 15) is 22.8 Å². The number of carbonyl (C=O) groups is 3. The first kappa shape index (κ1) is 30.6. The van der Waals surface area contributed by atoms with Gasteiger partial charge in [-0.05, 0) is 51.0 Å². The zero-order valence-electron chi connectivity index (χ0n) is 23.6. The van der Waals surface area contributed by atoms with E-state index < -0.39 is 34.1 Å². The molecule has 3 aromatic carbocycles. The average Bonchev–Trinajstić information content (AvgIpc) is 2.88. The van der Waals surface area contributed by atoms with Crippen LogP contribution in [0.1, 0.15) is 49.2 Å². The predicted molar refractivity (Wildman–Crippen MR) is 157 cm³/mol. The number of anilines is 1. The van der Waals surface area contributed by atoms with Crippen LogP contribution in [0, 0.1) is 0 Å². The van der Waals surface area contributed by atoms with Gasteiger partial charge in [-0.25, -0.2) is 8.42 Å². The molecule has 1 N–H and O–H groups in total. The number of carbonyl (C=O) groups excluding carboxylic acids is 3. The van der Waals surface area contributed by atoms with E-state index in [1.807, 2.05) is 81.4 Å². The Bertz CT molecular complexity index is 1430. The predicted octanol–water partition coefficient (Wildman–Crippen LogP) is 4.21. The number of hydrogen-bond acceptors (Lipinski definition) is 5. The van der Waals surface area contributed by atoms with Gasteiger partial charge in [-0.1, -0.05) is 72.8 Å². The third-order valence-corrected chi connectivity index (χ3v) is 7.33. The van der Waals surface area contributed by atoms with Gasteiger partial charge in [0.15, 0.2) is 5.78 Å². The number of hydrogen-bond donors (Lipinski definition) is 1. The molecule has 3 rings (SSSR count). The van der Waals surface area contributed by atoms with Crippen LogP contribution in [0.15, 0.2) is 84.9 Å². The number of amides is 2. The molecule has 0 fully saturated rings. The van der Waals surface area contributed by atoms with Crippen molar-refractivity contribution in [1.29, 1.82) is 0 Å². The van der Waals surface area contributed by atoms with E-state index in [2.05, 4.69) is 5.32 Å². The van der Waals surface area contributed by atoms with E-state index >= 15 is 0 Å². The molecule has 212 valence electrons. The molecule has 0 saturated heterocycles. The second-order valence-corrected chi connectivity index (χ2v) is 12.7. The van der Waals surface area contributed by atoms with Gasteiger partial charge in [0.2, 0.25) is 21.8 Å². The highest BCUT2D eigenvalue weighted by atomic mass is 32.2. The van der Waals surface area contributed by atoms with Crippen molar-refractivity contribution in [3.8, 4) is 0 Å². The first-order valence-corrected chi connectivity index (χ1v) is 14.9. The summed E-state index contributed by atoms with van der Waals surface area (Å²) in [5.41, 5.74) is 1.62. The molecule has 0 aliphatic rings. The molecule has 0 aliphatic heterocycles. The van der Waals surface area contributed by atoms with Gasteiger partial charge in [0, 0.05) is 24.1 Å². The molecule has 9 heteroatoms. The fourth-order valence-corrected chi connectivity index (χ4v) is 5.12. The summed E-state index contributed by atoms with van der Waals surface area (Å²) in [6.45, 7) is 6.53. The van der Waals surface area contributed by atoms with Crippen LogP contribution >= 0.6 is 0 Å². The average molecular weight is 564 g/mol. The Hall–Kier alpha value is -3.98. The van der Waals surface area contributed by atoms with Crippen LogP contribution in [-0.4, -0.2) is 55.3 Å². The summed E-state index contributed by atoms with van der Waals surface area (Å²) in [4.78, 5) is 41.2. The summed E-state index contributed by atoms with van der Waals surface area (Å²) in [5.74, 6) is -1.12. The molecule has 0 radical (unpaired) electrons. The third kappa shape index (κ3) is 8.77. The van der Waals surface area contributed by atoms with Crippen molar-refractivity contribution >= 4 is 33.3 Å². The quantitative estimate of drug-likeness (QED) is 0.352. The molecule has 0 spiro atoms. The zero-order chi connectivity index (χ0) is 29.5. The van der Waals surface area contributed by atoms with Crippen LogP contribution in [0.3, 0.4) is 0 Å². The van der Waals surface area contributed by atoms with Crippen molar-refractivity contribution in [3.63, 3.8) is 0 Å². The molecule has 2 amide bonds. The van der Waals surface area contributed by atoms with E-state index in [4.69, 9.17) is 0 Å². The van der Waals surface area contributed by atoms with Crippen LogP contribution in [0.25, 0.3) is 0 Å². The van der Waals surface area contributed by atoms with E-state index in [-0.39, 0.29) is 30.3 Å². The highest BCUT2D eigenvalue weighted by molar-refractivity contribution is 7.92. The Morgan fingerprint density at radius 3 is 1.95 bits per heavy atom. The molecular formula is C31H37N3O5S. The van der Waals surface area contributed by atoms with Gasteiger partial charge in [-0.3, -0.25) is 18.7 Å². The van der Waals surface area contributed by atoms with Crippen molar-refractivity contribution < 1.29 is 22.8 Å². The summed E-state index contributed by atoms with van der Waals surface area (Å²) < 4.78 is 26.8. The van der Waals surface area contributed by atoms with Crippen molar-refractivity contribution in [2.45, 2.75) is 52.2 Å². The molecule has 0 bridgehead atoms. The summed E-state index contributed by atoms with van der Waals surface area (Å²) in [6.07, 6.45) is 1.25. The molecule has 0 heterocycles. The van der Waals surface area contributed by atoms with E-state index in [1.54, 1.807) is 12.1 Å². The van der Waals surface area contributed by atoms with E-state index in [1.165, 1.54) is 24.0 Å². The van der Waals surface area contributed by atoms with Crippen molar-refractivity contribution in [1.82, 2.24) is 10.2 Å². The van der Waals surface area contributed by atoms with Gasteiger partial charge in [-0.15, -0.1) is 0 Å². The number of sulfonamides is 1. The van der Waals surface area contributed by atoms with Crippen LogP contribution in [-0.2, 0) is 32.6 Å². The topological polar surface area (TPSA) is 104 Å². The number of ketones is 1. The maximum absolute atomic E-state index is 14.1. The molecule has 1 unspecified atom stereocenters. The number of Topliss-reactive ketones (excluding diaryl/α,β-unsaturated/α-hetero) is 1. The lowest BCUT2D eigenvalue weighted by atomic mass is 10.0. The normalized spacial score (nSPS) is 12.3. The first-order chi connectivity index (χ1) is 18.7. The van der Waals surface area contributed by atoms with Crippen LogP contribution < -0.4 is 9.62 Å². The summed E-state index contributed by atoms with van der Waals surface area (Å²) >= 11 is 0. The number of nitrogens with one attached hydrogen (secondary N) is 1. The van der Waals surface area contributed by atoms with Gasteiger partial charge in [0.1, 0.15) is 12.6 Å². The Labute approximate surface area is 237 Å². The first-order valence-electron chi connectivity index (χ1n) is 13.0. The smallest absolute Gasteiger partial charge is 0.244 e. The minimum Gasteiger partial charge on any atom is -0.350 e. The van der Waals surface area contributed by atoms with Crippen LogP contribution in [0.2, 0.25) is 0 Å². The Morgan fingerprint density at radius 1 is 0.850 bits per heavy atom. The minimum atomic E-state index is -3.92. The van der Waals surface area contributed by atoms with Crippen molar-refractivity contribution in [2.75, 3.05) is 17.1 Å². The monoisotopic (exact) mass is 563 g/mol. The lowest BCUT2D eigenvalue weighted by Gasteiger charge is -2.35. The lowest BCUT2D eigenvalue weighted by molar-refractivity contribution is -0.140. The maximum Gasteiger partial charge on any atom is 0.244 e. The minimum absolute atomic E-state index is 0.0970. The SMILES string of the molecule is CC(=O)c1cccc(N(CC(=O)N(Cc2ccccc2)C(Cc2ccccc2)C(=O)NC(C)(C)C)S(C)(=O)=O)c1. The summed E-state index contributed by atoms with van der Waals surface area (Å²) in [7, 11) is -3.92. The molecular weight excluding hydrogens is 526 g/mol. The lowest BCUT2D eigenvalue weighted by Crippen LogP contribution is -2.56. The van der Waals surface area contributed by atoms with Crippen molar-refractivity contribution in [2.24, 2.45) is 0 Å². The largest absolute Gasteiger partial charge is 0.350 e. The molecule has 1 atom stereocenters. The fourth-order valence-electron chi connectivity index (χ4n) is 4.28. The molecule has 3 aromatic rings. The Balaban J connectivity index is 2.07. The molecule has 0 saturated carbocycles. The molecule has 40 heavy (non-hydrogen) atoms. The van der Waals surface area contributed by atoms with Gasteiger partial charge in [0.05, 0.1) is 11.9 Å². The number of rotatable bonds is 11. The Kier molecular flexibility index (Phi) is 9.87. The third-order valence-electron chi connectivity index (χ3n) is 6.18.